The molecule has 0 aliphatic carbocycles. The van der Waals surface area contributed by atoms with Crippen molar-refractivity contribution >= 4 is 52.1 Å². The van der Waals surface area contributed by atoms with E-state index in [-0.39, 0.29) is 26.3 Å². The summed E-state index contributed by atoms with van der Waals surface area (Å²) in [5.41, 5.74) is 0.838. The van der Waals surface area contributed by atoms with Gasteiger partial charge in [0, 0.05) is 12.1 Å². The minimum atomic E-state index is -0.596. The van der Waals surface area contributed by atoms with Crippen LogP contribution in [0, 0.1) is 17.0 Å². The van der Waals surface area contributed by atoms with E-state index in [2.05, 4.69) is 5.32 Å². The fourth-order valence-electron chi connectivity index (χ4n) is 1.78. The summed E-state index contributed by atoms with van der Waals surface area (Å²) < 4.78 is 0. The molecule has 2 aromatic carbocycles. The van der Waals surface area contributed by atoms with Gasteiger partial charge >= 0.3 is 0 Å². The Bertz CT molecular complexity index is 778. The summed E-state index contributed by atoms with van der Waals surface area (Å²) in [6.45, 7) is 1.71. The molecule has 0 atom stereocenters. The monoisotopic (exact) mass is 358 g/mol. The molecule has 0 fully saturated rings. The standard InChI is InChI=1S/C14H9Cl3N2O3/c1-7-2-3-8(19(21)22)6-11(7)18-14(20)12-9(15)4-5-10(16)13(12)17/h2-6H,1H3,(H,18,20). The van der Waals surface area contributed by atoms with Crippen LogP contribution in [0.2, 0.25) is 15.1 Å². The Morgan fingerprint density at radius 1 is 1.14 bits per heavy atom. The zero-order chi connectivity index (χ0) is 16.4. The lowest BCUT2D eigenvalue weighted by Crippen LogP contribution is -2.14. The topological polar surface area (TPSA) is 72.2 Å². The molecule has 1 amide bonds. The summed E-state index contributed by atoms with van der Waals surface area (Å²) in [7, 11) is 0. The number of rotatable bonds is 3. The number of carbonyl (C=O) groups excluding carboxylic acids is 1. The minimum absolute atomic E-state index is 0.0155. The summed E-state index contributed by atoms with van der Waals surface area (Å²) in [4.78, 5) is 22.6. The highest BCUT2D eigenvalue weighted by Gasteiger charge is 2.19. The van der Waals surface area contributed by atoms with E-state index in [9.17, 15) is 14.9 Å². The van der Waals surface area contributed by atoms with Gasteiger partial charge in [-0.3, -0.25) is 14.9 Å². The average molecular weight is 360 g/mol. The highest BCUT2D eigenvalue weighted by molar-refractivity contribution is 6.46. The number of benzene rings is 2. The van der Waals surface area contributed by atoms with Crippen LogP contribution < -0.4 is 5.32 Å². The van der Waals surface area contributed by atoms with Crippen molar-refractivity contribution in [2.75, 3.05) is 5.32 Å². The van der Waals surface area contributed by atoms with Gasteiger partial charge in [-0.1, -0.05) is 40.9 Å². The molecule has 2 rings (SSSR count). The van der Waals surface area contributed by atoms with E-state index in [0.29, 0.717) is 11.3 Å². The van der Waals surface area contributed by atoms with Crippen molar-refractivity contribution in [3.8, 4) is 0 Å². The maximum absolute atomic E-state index is 12.3. The minimum Gasteiger partial charge on any atom is -0.321 e. The highest BCUT2D eigenvalue weighted by Crippen LogP contribution is 2.32. The molecule has 8 heteroatoms. The molecule has 2 aromatic rings. The van der Waals surface area contributed by atoms with E-state index in [1.54, 1.807) is 6.92 Å². The van der Waals surface area contributed by atoms with Gasteiger partial charge in [-0.2, -0.15) is 0 Å². The van der Waals surface area contributed by atoms with Gasteiger partial charge in [-0.05, 0) is 24.6 Å². The van der Waals surface area contributed by atoms with Gasteiger partial charge in [-0.25, -0.2) is 0 Å². The molecule has 0 radical (unpaired) electrons. The van der Waals surface area contributed by atoms with Crippen LogP contribution in [0.25, 0.3) is 0 Å². The fraction of sp³-hybridized carbons (Fsp3) is 0.0714. The lowest BCUT2D eigenvalue weighted by molar-refractivity contribution is -0.384. The molecule has 5 nitrogen and oxygen atoms in total. The number of aryl methyl sites for hydroxylation is 1. The Labute approximate surface area is 140 Å². The van der Waals surface area contributed by atoms with Gasteiger partial charge in [0.15, 0.2) is 0 Å². The number of nitro groups is 1. The van der Waals surface area contributed by atoms with Crippen molar-refractivity contribution in [3.05, 3.63) is 66.6 Å². The number of hydrogen-bond acceptors (Lipinski definition) is 3. The lowest BCUT2D eigenvalue weighted by Gasteiger charge is -2.11. The summed E-state index contributed by atoms with van der Waals surface area (Å²) in [6, 6.07) is 7.07. The van der Waals surface area contributed by atoms with Crippen LogP contribution in [0.15, 0.2) is 30.3 Å². The van der Waals surface area contributed by atoms with Crippen molar-refractivity contribution in [1.29, 1.82) is 0 Å². The second kappa shape index (κ2) is 6.52. The first kappa shape index (κ1) is 16.5. The van der Waals surface area contributed by atoms with E-state index < -0.39 is 10.8 Å². The Morgan fingerprint density at radius 2 is 1.77 bits per heavy atom. The van der Waals surface area contributed by atoms with Crippen LogP contribution >= 0.6 is 34.8 Å². The summed E-state index contributed by atoms with van der Waals surface area (Å²) in [5.74, 6) is -0.596. The zero-order valence-electron chi connectivity index (χ0n) is 11.2. The SMILES string of the molecule is Cc1ccc([N+](=O)[O-])cc1NC(=O)c1c(Cl)ccc(Cl)c1Cl. The van der Waals surface area contributed by atoms with E-state index in [1.165, 1.54) is 30.3 Å². The van der Waals surface area contributed by atoms with Gasteiger partial charge in [0.1, 0.15) is 0 Å². The van der Waals surface area contributed by atoms with Crippen LogP contribution in [0.4, 0.5) is 11.4 Å². The average Bonchev–Trinajstić information content (AvgIpc) is 2.45. The highest BCUT2D eigenvalue weighted by atomic mass is 35.5. The van der Waals surface area contributed by atoms with Crippen molar-refractivity contribution in [2.24, 2.45) is 0 Å². The molecule has 0 aliphatic heterocycles. The number of nitro benzene ring substituents is 1. The number of carbonyl (C=O) groups is 1. The number of nitrogens with zero attached hydrogens (tertiary/aromatic N) is 1. The Balaban J connectivity index is 2.40. The van der Waals surface area contributed by atoms with E-state index in [4.69, 9.17) is 34.8 Å². The van der Waals surface area contributed by atoms with Crippen molar-refractivity contribution in [1.82, 2.24) is 0 Å². The van der Waals surface area contributed by atoms with Gasteiger partial charge in [0.25, 0.3) is 11.6 Å². The maximum atomic E-state index is 12.3. The van der Waals surface area contributed by atoms with E-state index >= 15 is 0 Å². The first-order valence-corrected chi connectivity index (χ1v) is 7.14. The molecule has 114 valence electrons. The Morgan fingerprint density at radius 3 is 2.41 bits per heavy atom. The third-order valence-electron chi connectivity index (χ3n) is 2.95. The predicted octanol–water partition coefficient (Wildman–Crippen LogP) is 5.12. The summed E-state index contributed by atoms with van der Waals surface area (Å²) in [5, 5.41) is 13.7. The summed E-state index contributed by atoms with van der Waals surface area (Å²) in [6.07, 6.45) is 0. The normalized spacial score (nSPS) is 10.4. The molecule has 0 unspecified atom stereocenters. The molecule has 0 aliphatic rings. The van der Waals surface area contributed by atoms with Crippen LogP contribution in [-0.4, -0.2) is 10.8 Å². The summed E-state index contributed by atoms with van der Waals surface area (Å²) >= 11 is 17.8. The van der Waals surface area contributed by atoms with E-state index in [0.717, 1.165) is 0 Å². The second-order valence-corrected chi connectivity index (χ2v) is 5.62. The van der Waals surface area contributed by atoms with Crippen molar-refractivity contribution in [2.45, 2.75) is 6.92 Å². The number of halogens is 3. The quantitative estimate of drug-likeness (QED) is 0.470. The van der Waals surface area contributed by atoms with Gasteiger partial charge < -0.3 is 5.32 Å². The van der Waals surface area contributed by atoms with Crippen LogP contribution in [0.5, 0.6) is 0 Å². The Kier molecular flexibility index (Phi) is 4.90. The molecule has 0 spiro atoms. The van der Waals surface area contributed by atoms with Crippen LogP contribution in [0.1, 0.15) is 15.9 Å². The molecule has 0 aromatic heterocycles. The molecule has 22 heavy (non-hydrogen) atoms. The number of non-ortho nitro benzene ring substituents is 1. The van der Waals surface area contributed by atoms with Crippen molar-refractivity contribution in [3.63, 3.8) is 0 Å². The zero-order valence-corrected chi connectivity index (χ0v) is 13.5. The smallest absolute Gasteiger partial charge is 0.271 e. The largest absolute Gasteiger partial charge is 0.321 e. The van der Waals surface area contributed by atoms with Crippen LogP contribution in [-0.2, 0) is 0 Å². The van der Waals surface area contributed by atoms with Crippen molar-refractivity contribution < 1.29 is 9.72 Å². The molecule has 0 bridgehead atoms. The predicted molar refractivity (Wildman–Crippen MR) is 87.3 cm³/mol. The first-order chi connectivity index (χ1) is 10.3. The van der Waals surface area contributed by atoms with Gasteiger partial charge in [0.2, 0.25) is 0 Å². The Hall–Kier alpha value is -1.82. The fourth-order valence-corrected chi connectivity index (χ4v) is 2.48. The first-order valence-electron chi connectivity index (χ1n) is 6.01. The molecule has 1 N–H and O–H groups in total. The molecule has 0 saturated carbocycles. The van der Waals surface area contributed by atoms with E-state index in [1.807, 2.05) is 0 Å². The number of hydrogen-bond donors (Lipinski definition) is 1. The lowest BCUT2D eigenvalue weighted by atomic mass is 10.1. The molecule has 0 heterocycles. The third-order valence-corrected chi connectivity index (χ3v) is 4.07. The number of anilines is 1. The van der Waals surface area contributed by atoms with Crippen LogP contribution in [0.3, 0.4) is 0 Å². The third kappa shape index (κ3) is 3.32. The molecular weight excluding hydrogens is 351 g/mol. The molecular formula is C14H9Cl3N2O3. The van der Waals surface area contributed by atoms with Gasteiger partial charge in [0.05, 0.1) is 31.2 Å². The number of nitrogens with one attached hydrogen (secondary N) is 1. The second-order valence-electron chi connectivity index (χ2n) is 4.43. The maximum Gasteiger partial charge on any atom is 0.271 e. The molecule has 0 saturated heterocycles. The number of amides is 1. The van der Waals surface area contributed by atoms with Gasteiger partial charge in [-0.15, -0.1) is 0 Å².